The van der Waals surface area contributed by atoms with Crippen molar-refractivity contribution >= 4 is 23.4 Å². The Bertz CT molecular complexity index is 1170. The van der Waals surface area contributed by atoms with Crippen LogP contribution in [-0.2, 0) is 14.4 Å². The lowest BCUT2D eigenvalue weighted by Gasteiger charge is -2.57. The van der Waals surface area contributed by atoms with E-state index in [-0.39, 0.29) is 42.1 Å². The van der Waals surface area contributed by atoms with Crippen molar-refractivity contribution in [2.75, 3.05) is 14.1 Å². The Morgan fingerprint density at radius 2 is 1.77 bits per heavy atom. The second-order valence-electron chi connectivity index (χ2n) is 12.9. The van der Waals surface area contributed by atoms with E-state index >= 15 is 0 Å². The third-order valence-corrected chi connectivity index (χ3v) is 10.5. The van der Waals surface area contributed by atoms with Gasteiger partial charge in [-0.25, -0.2) is 4.99 Å². The van der Waals surface area contributed by atoms with E-state index in [0.717, 1.165) is 25.7 Å². The van der Waals surface area contributed by atoms with E-state index in [9.17, 15) is 29.7 Å². The smallest absolute Gasteiger partial charge is 0.255 e. The number of Topliss-reactive ketones (excluding diaryl/α,β-unsaturated/α-hetero) is 2. The van der Waals surface area contributed by atoms with Gasteiger partial charge in [0.15, 0.2) is 11.7 Å². The monoisotopic (exact) mass is 557 g/mol. The summed E-state index contributed by atoms with van der Waals surface area (Å²) in [5.41, 5.74) is 10.2. The van der Waals surface area contributed by atoms with Crippen LogP contribution in [0.3, 0.4) is 0 Å². The minimum atomic E-state index is -1.38. The number of ketones is 2. The van der Waals surface area contributed by atoms with Crippen molar-refractivity contribution in [3.05, 3.63) is 23.1 Å². The first-order chi connectivity index (χ1) is 18.9. The predicted octanol–water partition coefficient (Wildman–Crippen LogP) is 0.507. The Balaban J connectivity index is 1.46. The fourth-order valence-corrected chi connectivity index (χ4v) is 8.38. The van der Waals surface area contributed by atoms with Crippen molar-refractivity contribution in [2.24, 2.45) is 51.5 Å². The molecule has 0 aliphatic heterocycles. The first kappa shape index (κ1) is 28.8. The van der Waals surface area contributed by atoms with Crippen molar-refractivity contribution < 1.29 is 29.7 Å². The molecule has 8 N–H and O–H groups in total. The standard InChI is InChI=1S/C29H43N5O6/c1-29-14(11-19(35)22(26(29)39)27(30)40)9-13-10-16-18(34(2)3)12-17(23(36)21(16)24(37)20(13)25(29)38)33-28(31)32-15-7-5-4-6-8-15/h12-16,18,20-21,23,25,36,38-39H,4-11H2,1-3H3,(H2,30,40)(H3,31,32,33)/t13-,14+,16?,18?,20?,21?,23?,25?,29-/m1/s1. The molecule has 0 aromatic rings. The summed E-state index contributed by atoms with van der Waals surface area (Å²) in [4.78, 5) is 45.5. The van der Waals surface area contributed by atoms with Gasteiger partial charge >= 0.3 is 0 Å². The SMILES string of the molecule is CN(C)C1C=C(NC(N)=NC2CCCCC2)C(O)C2C(=O)C3C(O)[C@]4(C)C(O)=C(C(N)=O)C(=O)C[C@@H]4C[C@@H]3CC21. The molecule has 9 atom stereocenters. The summed E-state index contributed by atoms with van der Waals surface area (Å²) in [6.45, 7) is 1.60. The van der Waals surface area contributed by atoms with Gasteiger partial charge in [0.2, 0.25) is 0 Å². The molecule has 0 aromatic carbocycles. The molecule has 0 heterocycles. The van der Waals surface area contributed by atoms with Gasteiger partial charge in [-0.3, -0.25) is 14.4 Å². The minimum Gasteiger partial charge on any atom is -0.511 e. The lowest BCUT2D eigenvalue weighted by atomic mass is 9.48. The Hall–Kier alpha value is -2.76. The third kappa shape index (κ3) is 4.55. The zero-order valence-electron chi connectivity index (χ0n) is 23.5. The second kappa shape index (κ2) is 10.6. The zero-order valence-corrected chi connectivity index (χ0v) is 23.5. The lowest BCUT2D eigenvalue weighted by Crippen LogP contribution is -2.64. The summed E-state index contributed by atoms with van der Waals surface area (Å²) in [5, 5.41) is 37.4. The molecule has 11 heteroatoms. The largest absolute Gasteiger partial charge is 0.511 e. The van der Waals surface area contributed by atoms with Gasteiger partial charge < -0.3 is 37.0 Å². The van der Waals surface area contributed by atoms with Crippen LogP contribution in [0.2, 0.25) is 0 Å². The van der Waals surface area contributed by atoms with Gasteiger partial charge in [-0.05, 0) is 70.5 Å². The molecule has 3 fully saturated rings. The van der Waals surface area contributed by atoms with Crippen molar-refractivity contribution in [1.29, 1.82) is 0 Å². The van der Waals surface area contributed by atoms with E-state index in [0.29, 0.717) is 18.5 Å². The van der Waals surface area contributed by atoms with Gasteiger partial charge in [-0.15, -0.1) is 0 Å². The Kier molecular flexibility index (Phi) is 7.60. The number of amides is 1. The quantitative estimate of drug-likeness (QED) is 0.162. The van der Waals surface area contributed by atoms with E-state index in [1.165, 1.54) is 6.42 Å². The molecule has 40 heavy (non-hydrogen) atoms. The van der Waals surface area contributed by atoms with E-state index < -0.39 is 58.4 Å². The summed E-state index contributed by atoms with van der Waals surface area (Å²) in [6, 6.07) is -0.0481. The highest BCUT2D eigenvalue weighted by Crippen LogP contribution is 2.59. The molecule has 0 bridgehead atoms. The van der Waals surface area contributed by atoms with Crippen molar-refractivity contribution in [1.82, 2.24) is 10.2 Å². The number of hydrogen-bond donors (Lipinski definition) is 6. The Morgan fingerprint density at radius 3 is 2.40 bits per heavy atom. The van der Waals surface area contributed by atoms with Crippen LogP contribution < -0.4 is 16.8 Å². The van der Waals surface area contributed by atoms with Crippen molar-refractivity contribution in [2.45, 2.75) is 82.6 Å². The minimum absolute atomic E-state index is 0.0330. The van der Waals surface area contributed by atoms with Gasteiger partial charge in [0.1, 0.15) is 23.2 Å². The first-order valence-electron chi connectivity index (χ1n) is 14.5. The summed E-state index contributed by atoms with van der Waals surface area (Å²) in [5.74, 6) is -4.79. The predicted molar refractivity (Wildman–Crippen MR) is 147 cm³/mol. The fourth-order valence-electron chi connectivity index (χ4n) is 8.38. The Morgan fingerprint density at radius 1 is 1.10 bits per heavy atom. The van der Waals surface area contributed by atoms with E-state index in [1.807, 2.05) is 25.1 Å². The van der Waals surface area contributed by atoms with Gasteiger partial charge in [-0.1, -0.05) is 19.3 Å². The van der Waals surface area contributed by atoms with E-state index in [4.69, 9.17) is 11.5 Å². The molecule has 6 unspecified atom stereocenters. The zero-order chi connectivity index (χ0) is 29.1. The third-order valence-electron chi connectivity index (χ3n) is 10.5. The number of rotatable bonds is 4. The summed E-state index contributed by atoms with van der Waals surface area (Å²) in [7, 11) is 3.84. The molecule has 0 saturated heterocycles. The average Bonchev–Trinajstić information content (AvgIpc) is 2.88. The molecular formula is C29H43N5O6. The highest BCUT2D eigenvalue weighted by molar-refractivity contribution is 6.20. The molecule has 220 valence electrons. The number of hydrogen-bond acceptors (Lipinski definition) is 8. The summed E-state index contributed by atoms with van der Waals surface area (Å²) in [6.07, 6.45) is 5.71. The molecule has 5 aliphatic rings. The van der Waals surface area contributed by atoms with Crippen LogP contribution in [0.5, 0.6) is 0 Å². The van der Waals surface area contributed by atoms with Crippen LogP contribution >= 0.6 is 0 Å². The van der Waals surface area contributed by atoms with E-state index in [1.54, 1.807) is 6.92 Å². The highest BCUT2D eigenvalue weighted by atomic mass is 16.3. The maximum Gasteiger partial charge on any atom is 0.255 e. The summed E-state index contributed by atoms with van der Waals surface area (Å²) < 4.78 is 0. The first-order valence-corrected chi connectivity index (χ1v) is 14.5. The van der Waals surface area contributed by atoms with Crippen molar-refractivity contribution in [3.63, 3.8) is 0 Å². The molecule has 0 aromatic heterocycles. The van der Waals surface area contributed by atoms with Crippen LogP contribution in [0.4, 0.5) is 0 Å². The van der Waals surface area contributed by atoms with Gasteiger partial charge in [0.05, 0.1) is 23.5 Å². The average molecular weight is 558 g/mol. The number of guanidine groups is 1. The molecule has 5 aliphatic carbocycles. The number of aliphatic hydroxyl groups excluding tert-OH is 3. The van der Waals surface area contributed by atoms with Crippen LogP contribution in [-0.4, -0.2) is 82.0 Å². The number of nitrogens with zero attached hydrogens (tertiary/aromatic N) is 2. The number of carbonyl (C=O) groups excluding carboxylic acids is 3. The molecule has 0 radical (unpaired) electrons. The van der Waals surface area contributed by atoms with Crippen LogP contribution in [0, 0.1) is 35.0 Å². The number of likely N-dealkylation sites (N-methyl/N-ethyl adjacent to an activating group) is 1. The van der Waals surface area contributed by atoms with Gasteiger partial charge in [0.25, 0.3) is 5.91 Å². The number of aliphatic imine (C=N–C) groups is 1. The topological polar surface area (TPSA) is 192 Å². The molecule has 5 rings (SSSR count). The maximum absolute atomic E-state index is 14.2. The number of primary amides is 1. The molecular weight excluding hydrogens is 514 g/mol. The van der Waals surface area contributed by atoms with Gasteiger partial charge in [0, 0.05) is 24.1 Å². The van der Waals surface area contributed by atoms with Gasteiger partial charge in [-0.2, -0.15) is 0 Å². The Labute approximate surface area is 234 Å². The van der Waals surface area contributed by atoms with Crippen LogP contribution in [0.15, 0.2) is 28.1 Å². The number of nitrogens with two attached hydrogens (primary N) is 2. The fraction of sp³-hybridized carbons (Fsp3) is 0.724. The van der Waals surface area contributed by atoms with Crippen LogP contribution in [0.25, 0.3) is 0 Å². The molecule has 11 nitrogen and oxygen atoms in total. The number of nitrogens with one attached hydrogen (secondary N) is 1. The summed E-state index contributed by atoms with van der Waals surface area (Å²) >= 11 is 0. The molecule has 3 saturated carbocycles. The van der Waals surface area contributed by atoms with Crippen LogP contribution in [0.1, 0.15) is 58.3 Å². The lowest BCUT2D eigenvalue weighted by molar-refractivity contribution is -0.169. The molecule has 1 amide bonds. The highest BCUT2D eigenvalue weighted by Gasteiger charge is 2.63. The normalized spacial score (nSPS) is 40.8. The number of fused-ring (bicyclic) bond motifs is 3. The van der Waals surface area contributed by atoms with E-state index in [2.05, 4.69) is 10.3 Å². The maximum atomic E-state index is 14.2. The molecule has 0 spiro atoms. The number of aliphatic hydroxyl groups is 3. The number of carbonyl (C=O) groups is 3. The van der Waals surface area contributed by atoms with Crippen molar-refractivity contribution in [3.8, 4) is 0 Å². The second-order valence-corrected chi connectivity index (χ2v) is 12.9.